The molecule has 0 saturated carbocycles. The third-order valence-corrected chi connectivity index (χ3v) is 3.48. The number of rotatable bonds is 2. The minimum atomic E-state index is -0.483. The third kappa shape index (κ3) is 1.74. The summed E-state index contributed by atoms with van der Waals surface area (Å²) in [7, 11) is 1.60. The van der Waals surface area contributed by atoms with E-state index in [4.69, 9.17) is 10.1 Å². The van der Waals surface area contributed by atoms with E-state index in [1.165, 1.54) is 0 Å². The molecule has 3 nitrogen and oxygen atoms in total. The van der Waals surface area contributed by atoms with Crippen LogP contribution >= 0.6 is 0 Å². The number of carbonyl (C=O) groups excluding carboxylic acids is 1. The fraction of sp³-hybridized carbons (Fsp3) is 0.125. The average Bonchev–Trinajstić information content (AvgIpc) is 2.72. The number of ketones is 1. The molecule has 0 spiro atoms. The number of nitrogens with one attached hydrogen (secondary N) is 1. The van der Waals surface area contributed by atoms with Crippen LogP contribution in [0.25, 0.3) is 0 Å². The Kier molecular flexibility index (Phi) is 2.67. The van der Waals surface area contributed by atoms with Crippen molar-refractivity contribution in [1.82, 2.24) is 0 Å². The molecule has 0 aromatic heterocycles. The molecule has 0 amide bonds. The average molecular weight is 251 g/mol. The van der Waals surface area contributed by atoms with Gasteiger partial charge in [0, 0.05) is 11.1 Å². The Morgan fingerprint density at radius 2 is 1.63 bits per heavy atom. The lowest BCUT2D eigenvalue weighted by molar-refractivity contribution is 0.0988. The molecule has 2 aromatic rings. The summed E-state index contributed by atoms with van der Waals surface area (Å²) in [6.45, 7) is 0. The van der Waals surface area contributed by atoms with Crippen LogP contribution in [-0.2, 0) is 0 Å². The van der Waals surface area contributed by atoms with E-state index in [0.29, 0.717) is 11.3 Å². The molecule has 0 radical (unpaired) electrons. The quantitative estimate of drug-likeness (QED) is 0.891. The Hall–Kier alpha value is -2.42. The number of Topliss-reactive ketones (excluding diaryl/α,β-unsaturated/α-hetero) is 1. The Morgan fingerprint density at radius 1 is 1.00 bits per heavy atom. The van der Waals surface area contributed by atoms with Crippen LogP contribution in [0.1, 0.15) is 27.4 Å². The zero-order valence-corrected chi connectivity index (χ0v) is 10.5. The summed E-state index contributed by atoms with van der Waals surface area (Å²) >= 11 is 0. The van der Waals surface area contributed by atoms with Crippen LogP contribution in [0.5, 0.6) is 5.75 Å². The van der Waals surface area contributed by atoms with Gasteiger partial charge in [-0.1, -0.05) is 36.4 Å². The lowest BCUT2D eigenvalue weighted by Gasteiger charge is -2.10. The molecule has 1 unspecified atom stereocenters. The summed E-state index contributed by atoms with van der Waals surface area (Å²) in [6, 6.07) is 14.6. The smallest absolute Gasteiger partial charge is 0.176 e. The lowest BCUT2D eigenvalue weighted by Crippen LogP contribution is -2.12. The number of methoxy groups -OCH3 is 1. The number of hydrogen-bond donors (Lipinski definition) is 1. The molecule has 3 heteroatoms. The second kappa shape index (κ2) is 4.35. The van der Waals surface area contributed by atoms with Crippen LogP contribution in [0.2, 0.25) is 0 Å². The number of carbonyl (C=O) groups is 1. The molecule has 1 aliphatic rings. The number of ether oxygens (including phenoxy) is 1. The van der Waals surface area contributed by atoms with Crippen LogP contribution in [-0.4, -0.2) is 18.6 Å². The molecule has 0 bridgehead atoms. The normalized spacial score (nSPS) is 17.4. The predicted octanol–water partition coefficient (Wildman–Crippen LogP) is 3.04. The summed E-state index contributed by atoms with van der Waals surface area (Å²) in [5.74, 6) is 0.271. The van der Waals surface area contributed by atoms with Gasteiger partial charge in [0.2, 0.25) is 0 Å². The Balaban J connectivity index is 2.03. The summed E-state index contributed by atoms with van der Waals surface area (Å²) in [6.07, 6.45) is 0. The predicted molar refractivity (Wildman–Crippen MR) is 73.3 cm³/mol. The molecule has 0 saturated heterocycles. The molecule has 19 heavy (non-hydrogen) atoms. The number of fused-ring (bicyclic) bond motifs is 1. The molecule has 94 valence electrons. The van der Waals surface area contributed by atoms with Gasteiger partial charge in [0.15, 0.2) is 5.78 Å². The first-order chi connectivity index (χ1) is 9.22. The molecule has 1 N–H and O–H groups in total. The highest BCUT2D eigenvalue weighted by Gasteiger charge is 2.36. The maximum Gasteiger partial charge on any atom is 0.176 e. The summed E-state index contributed by atoms with van der Waals surface area (Å²) in [4.78, 5) is 12.4. The second-order valence-electron chi connectivity index (χ2n) is 4.53. The van der Waals surface area contributed by atoms with Crippen molar-refractivity contribution < 1.29 is 9.53 Å². The monoisotopic (exact) mass is 251 g/mol. The lowest BCUT2D eigenvalue weighted by atomic mass is 9.94. The maximum atomic E-state index is 12.4. The zero-order chi connectivity index (χ0) is 13.4. The van der Waals surface area contributed by atoms with Gasteiger partial charge in [-0.3, -0.25) is 4.79 Å². The highest BCUT2D eigenvalue weighted by Crippen LogP contribution is 2.34. The fourth-order valence-electron chi connectivity index (χ4n) is 2.49. The van der Waals surface area contributed by atoms with Crippen molar-refractivity contribution in [3.05, 3.63) is 65.2 Å². The minimum Gasteiger partial charge on any atom is -0.497 e. The minimum absolute atomic E-state index is 0.00534. The van der Waals surface area contributed by atoms with Crippen LogP contribution in [0, 0.1) is 5.41 Å². The van der Waals surface area contributed by atoms with Gasteiger partial charge >= 0.3 is 0 Å². The second-order valence-corrected chi connectivity index (χ2v) is 4.53. The first kappa shape index (κ1) is 11.7. The highest BCUT2D eigenvalue weighted by atomic mass is 16.5. The van der Waals surface area contributed by atoms with Crippen molar-refractivity contribution in [1.29, 1.82) is 5.41 Å². The Labute approximate surface area is 111 Å². The fourth-order valence-corrected chi connectivity index (χ4v) is 2.49. The molecule has 0 heterocycles. The van der Waals surface area contributed by atoms with Crippen molar-refractivity contribution in [3.8, 4) is 5.75 Å². The Morgan fingerprint density at radius 3 is 2.21 bits per heavy atom. The van der Waals surface area contributed by atoms with E-state index >= 15 is 0 Å². The van der Waals surface area contributed by atoms with Crippen LogP contribution in [0.3, 0.4) is 0 Å². The molecular weight excluding hydrogens is 238 g/mol. The van der Waals surface area contributed by atoms with Gasteiger partial charge in [0.05, 0.1) is 18.7 Å². The van der Waals surface area contributed by atoms with E-state index in [2.05, 4.69) is 0 Å². The molecule has 0 fully saturated rings. The molecule has 0 aliphatic heterocycles. The zero-order valence-electron chi connectivity index (χ0n) is 10.5. The topological polar surface area (TPSA) is 50.1 Å². The molecular formula is C16H13NO2. The first-order valence-electron chi connectivity index (χ1n) is 6.08. The van der Waals surface area contributed by atoms with E-state index in [1.807, 2.05) is 42.5 Å². The summed E-state index contributed by atoms with van der Waals surface area (Å²) in [5, 5.41) is 8.20. The largest absolute Gasteiger partial charge is 0.497 e. The van der Waals surface area contributed by atoms with Crippen molar-refractivity contribution in [2.24, 2.45) is 0 Å². The van der Waals surface area contributed by atoms with E-state index in [0.717, 1.165) is 16.9 Å². The van der Waals surface area contributed by atoms with Crippen molar-refractivity contribution in [2.45, 2.75) is 5.92 Å². The summed E-state index contributed by atoms with van der Waals surface area (Å²) < 4.78 is 5.11. The molecule has 1 atom stereocenters. The van der Waals surface area contributed by atoms with Gasteiger partial charge in [-0.25, -0.2) is 0 Å². The van der Waals surface area contributed by atoms with E-state index in [1.54, 1.807) is 13.2 Å². The third-order valence-electron chi connectivity index (χ3n) is 3.48. The van der Waals surface area contributed by atoms with E-state index in [9.17, 15) is 4.79 Å². The molecule has 1 aliphatic carbocycles. The van der Waals surface area contributed by atoms with E-state index < -0.39 is 5.92 Å². The van der Waals surface area contributed by atoms with Crippen molar-refractivity contribution >= 4 is 11.5 Å². The maximum absolute atomic E-state index is 12.4. The van der Waals surface area contributed by atoms with E-state index in [-0.39, 0.29) is 5.78 Å². The number of hydrogen-bond acceptors (Lipinski definition) is 3. The first-order valence-corrected chi connectivity index (χ1v) is 6.08. The molecule has 2 aromatic carbocycles. The van der Waals surface area contributed by atoms with Gasteiger partial charge in [-0.15, -0.1) is 0 Å². The van der Waals surface area contributed by atoms with Crippen molar-refractivity contribution in [2.75, 3.05) is 7.11 Å². The van der Waals surface area contributed by atoms with Crippen molar-refractivity contribution in [3.63, 3.8) is 0 Å². The van der Waals surface area contributed by atoms with Gasteiger partial charge in [-0.05, 0) is 17.7 Å². The SMILES string of the molecule is COc1ccc(C2C(=N)c3ccccc3C2=O)cc1. The molecule has 3 rings (SSSR count). The van der Waals surface area contributed by atoms with Crippen LogP contribution in [0.4, 0.5) is 0 Å². The number of benzene rings is 2. The standard InChI is InChI=1S/C16H13NO2/c1-19-11-8-6-10(7-9-11)14-15(17)12-4-2-3-5-13(12)16(14)18/h2-9,14,17H,1H3. The van der Waals surface area contributed by atoms with Crippen LogP contribution < -0.4 is 4.74 Å². The van der Waals surface area contributed by atoms with Gasteiger partial charge in [0.25, 0.3) is 0 Å². The summed E-state index contributed by atoms with van der Waals surface area (Å²) in [5.41, 5.74) is 2.61. The van der Waals surface area contributed by atoms with Gasteiger partial charge < -0.3 is 10.1 Å². The van der Waals surface area contributed by atoms with Gasteiger partial charge in [0.1, 0.15) is 5.75 Å². The highest BCUT2D eigenvalue weighted by molar-refractivity contribution is 6.30. The Bertz CT molecular complexity index is 624. The van der Waals surface area contributed by atoms with Crippen LogP contribution in [0.15, 0.2) is 48.5 Å². The van der Waals surface area contributed by atoms with Gasteiger partial charge in [-0.2, -0.15) is 0 Å².